The maximum atomic E-state index is 7.22. The van der Waals surface area contributed by atoms with Gasteiger partial charge in [0.05, 0.1) is 27.1 Å². The van der Waals surface area contributed by atoms with Crippen LogP contribution in [0.5, 0.6) is 0 Å². The predicted molar refractivity (Wildman–Crippen MR) is 187 cm³/mol. The van der Waals surface area contributed by atoms with E-state index in [9.17, 15) is 0 Å². The molecule has 1 aliphatic rings. The van der Waals surface area contributed by atoms with Crippen LogP contribution >= 0.6 is 81.2 Å². The molecule has 0 amide bonds. The molecule has 5 aromatic rings. The Balaban J connectivity index is 1.61. The summed E-state index contributed by atoms with van der Waals surface area (Å²) in [4.78, 5) is 2.13. The zero-order valence-corrected chi connectivity index (χ0v) is 28.5. The molecule has 8 heteroatoms. The van der Waals surface area contributed by atoms with Gasteiger partial charge in [-0.05, 0) is 77.7 Å². The van der Waals surface area contributed by atoms with Gasteiger partial charge in [0, 0.05) is 47.6 Å². The van der Waals surface area contributed by atoms with Crippen molar-refractivity contribution >= 4 is 98.3 Å². The lowest BCUT2D eigenvalue weighted by molar-refractivity contribution is 0.632. The lowest BCUT2D eigenvalue weighted by Gasteiger charge is -2.42. The van der Waals surface area contributed by atoms with Gasteiger partial charge in [-0.1, -0.05) is 131 Å². The Hall–Kier alpha value is -2.07. The molecule has 0 spiro atoms. The molecule has 1 atom stereocenters. The fraction of sp³-hybridized carbons (Fsp3) is 0.143. The minimum atomic E-state index is -0.596. The van der Waals surface area contributed by atoms with Crippen LogP contribution in [-0.2, 0) is 5.41 Å². The third kappa shape index (κ3) is 5.32. The molecule has 0 saturated heterocycles. The van der Waals surface area contributed by atoms with E-state index in [4.69, 9.17) is 81.2 Å². The summed E-state index contributed by atoms with van der Waals surface area (Å²) in [6, 6.07) is 27.4. The third-order valence-electron chi connectivity index (χ3n) is 8.08. The summed E-state index contributed by atoms with van der Waals surface area (Å²) in [5, 5.41) is 2.97. The molecule has 1 aliphatic heterocycles. The highest BCUT2D eigenvalue weighted by Crippen LogP contribution is 2.55. The maximum absolute atomic E-state index is 7.22. The number of aryl methyl sites for hydroxylation is 1. The van der Waals surface area contributed by atoms with Crippen LogP contribution in [0.25, 0.3) is 0 Å². The average molecular weight is 707 g/mol. The van der Waals surface area contributed by atoms with Crippen LogP contribution in [-0.4, -0.2) is 0 Å². The Bertz CT molecular complexity index is 1740. The summed E-state index contributed by atoms with van der Waals surface area (Å²) in [5.41, 5.74) is 7.65. The van der Waals surface area contributed by atoms with Gasteiger partial charge >= 0.3 is 0 Å². The molecule has 0 aromatic heterocycles. The minimum absolute atomic E-state index is 0.227. The Morgan fingerprint density at radius 1 is 0.558 bits per heavy atom. The smallest absolute Gasteiger partial charge is 0.0835 e. The van der Waals surface area contributed by atoms with E-state index in [1.54, 1.807) is 12.1 Å². The topological polar surface area (TPSA) is 3.24 Å². The van der Waals surface area contributed by atoms with Crippen LogP contribution in [0.1, 0.15) is 53.1 Å². The molecular weight excluding hydrogens is 683 g/mol. The van der Waals surface area contributed by atoms with Gasteiger partial charge in [0.15, 0.2) is 0 Å². The monoisotopic (exact) mass is 703 g/mol. The normalized spacial score (nSPS) is 14.3. The molecule has 0 N–H and O–H groups in total. The van der Waals surface area contributed by atoms with Gasteiger partial charge < -0.3 is 4.90 Å². The first-order valence-corrected chi connectivity index (χ1v) is 16.1. The Labute approximate surface area is 286 Å². The minimum Gasteiger partial charge on any atom is -0.307 e. The van der Waals surface area contributed by atoms with Crippen molar-refractivity contribution in [3.05, 3.63) is 153 Å². The number of nitrogens with zero attached hydrogens (tertiary/aromatic N) is 1. The summed E-state index contributed by atoms with van der Waals surface area (Å²) in [5.74, 6) is -0.596. The van der Waals surface area contributed by atoms with Crippen molar-refractivity contribution in [2.24, 2.45) is 0 Å². The van der Waals surface area contributed by atoms with Gasteiger partial charge in [-0.15, -0.1) is 0 Å². The molecule has 218 valence electrons. The number of hydrogen-bond acceptors (Lipinski definition) is 1. The first-order valence-electron chi connectivity index (χ1n) is 13.5. The van der Waals surface area contributed by atoms with E-state index in [2.05, 4.69) is 55.1 Å². The van der Waals surface area contributed by atoms with Gasteiger partial charge in [-0.2, -0.15) is 0 Å². The number of anilines is 3. The molecule has 0 fully saturated rings. The number of para-hydroxylation sites is 2. The Kier molecular flexibility index (Phi) is 8.41. The summed E-state index contributed by atoms with van der Waals surface area (Å²) in [6.07, 6.45) is 0. The molecule has 1 unspecified atom stereocenters. The van der Waals surface area contributed by atoms with Gasteiger partial charge in [0.1, 0.15) is 0 Å². The number of fused-ring (bicyclic) bond motifs is 2. The zero-order chi connectivity index (χ0) is 30.8. The lowest BCUT2D eigenvalue weighted by atomic mass is 9.73. The summed E-state index contributed by atoms with van der Waals surface area (Å²) in [6.45, 7) is 6.39. The van der Waals surface area contributed by atoms with Gasteiger partial charge in [-0.25, -0.2) is 0 Å². The average Bonchev–Trinajstić information content (AvgIpc) is 2.92. The van der Waals surface area contributed by atoms with E-state index in [1.165, 1.54) is 11.1 Å². The maximum Gasteiger partial charge on any atom is 0.0835 e. The molecule has 6 rings (SSSR count). The van der Waals surface area contributed by atoms with Crippen LogP contribution in [0, 0.1) is 6.92 Å². The van der Waals surface area contributed by atoms with Gasteiger partial charge in [0.25, 0.3) is 0 Å². The van der Waals surface area contributed by atoms with Crippen LogP contribution in [0.3, 0.4) is 0 Å². The summed E-state index contributed by atoms with van der Waals surface area (Å²) < 4.78 is 0. The standard InChI is InChI=1S/C35H24Cl7N/c1-18-12-23(37)32(24(38)13-18)31(33-25(39)16-20(36)17-26(33)40)19-14-27(41)34(28(42)15-19)43-29-10-6-4-8-21(29)35(2,3)22-9-5-7-11-30(22)43/h4-17,31H,1-3H3. The highest BCUT2D eigenvalue weighted by molar-refractivity contribution is 6.41. The molecule has 0 aliphatic carbocycles. The molecule has 0 saturated carbocycles. The number of halogens is 7. The number of hydrogen-bond donors (Lipinski definition) is 0. The van der Waals surface area contributed by atoms with Crippen molar-refractivity contribution in [2.75, 3.05) is 4.90 Å². The Morgan fingerprint density at radius 3 is 1.44 bits per heavy atom. The van der Waals surface area contributed by atoms with E-state index in [0.29, 0.717) is 52.0 Å². The van der Waals surface area contributed by atoms with Gasteiger partial charge in [0.2, 0.25) is 0 Å². The Morgan fingerprint density at radius 2 is 0.977 bits per heavy atom. The summed E-state index contributed by atoms with van der Waals surface area (Å²) >= 11 is 48.1. The summed E-state index contributed by atoms with van der Waals surface area (Å²) in [7, 11) is 0. The van der Waals surface area contributed by atoms with Crippen molar-refractivity contribution in [1.29, 1.82) is 0 Å². The predicted octanol–water partition coefficient (Wildman–Crippen LogP) is 13.9. The molecule has 5 aromatic carbocycles. The van der Waals surface area contributed by atoms with Crippen molar-refractivity contribution in [3.63, 3.8) is 0 Å². The first-order chi connectivity index (χ1) is 20.4. The van der Waals surface area contributed by atoms with E-state index < -0.39 is 5.92 Å². The second-order valence-corrected chi connectivity index (χ2v) is 14.1. The molecule has 0 bridgehead atoms. The first kappa shape index (κ1) is 30.9. The van der Waals surface area contributed by atoms with E-state index in [-0.39, 0.29) is 5.41 Å². The van der Waals surface area contributed by atoms with Crippen molar-refractivity contribution in [1.82, 2.24) is 0 Å². The van der Waals surface area contributed by atoms with E-state index in [0.717, 1.165) is 22.5 Å². The third-order valence-corrected chi connectivity index (χ3v) is 10.1. The molecule has 1 heterocycles. The van der Waals surface area contributed by atoms with Gasteiger partial charge in [-0.3, -0.25) is 0 Å². The van der Waals surface area contributed by atoms with E-state index >= 15 is 0 Å². The molecule has 43 heavy (non-hydrogen) atoms. The highest BCUT2D eigenvalue weighted by atomic mass is 35.5. The number of benzene rings is 5. The quantitative estimate of drug-likeness (QED) is 0.168. The molecular formula is C35H24Cl7N. The second-order valence-electron chi connectivity index (χ2n) is 11.2. The zero-order valence-electron chi connectivity index (χ0n) is 23.3. The van der Waals surface area contributed by atoms with Crippen LogP contribution < -0.4 is 4.90 Å². The largest absolute Gasteiger partial charge is 0.307 e. The van der Waals surface area contributed by atoms with Crippen LogP contribution in [0.2, 0.25) is 35.2 Å². The molecule has 0 radical (unpaired) electrons. The van der Waals surface area contributed by atoms with Crippen molar-refractivity contribution < 1.29 is 0 Å². The van der Waals surface area contributed by atoms with Crippen molar-refractivity contribution in [2.45, 2.75) is 32.1 Å². The molecule has 1 nitrogen and oxygen atoms in total. The fourth-order valence-electron chi connectivity index (χ4n) is 6.17. The number of rotatable bonds is 4. The van der Waals surface area contributed by atoms with Crippen molar-refractivity contribution in [3.8, 4) is 0 Å². The van der Waals surface area contributed by atoms with E-state index in [1.807, 2.05) is 43.3 Å². The van der Waals surface area contributed by atoms with Crippen LogP contribution in [0.15, 0.2) is 84.9 Å². The second kappa shape index (κ2) is 11.7. The van der Waals surface area contributed by atoms with Crippen LogP contribution in [0.4, 0.5) is 17.1 Å². The fourth-order valence-corrected chi connectivity index (χ4v) is 8.69. The lowest BCUT2D eigenvalue weighted by Crippen LogP contribution is -2.30. The highest BCUT2D eigenvalue weighted by Gasteiger charge is 2.38. The SMILES string of the molecule is Cc1cc(Cl)c(C(c2cc(Cl)c(N3c4ccccc4C(C)(C)c4ccccc43)c(Cl)c2)c2c(Cl)cc(Cl)cc2Cl)c(Cl)c1.